The fraction of sp³-hybridized carbons (Fsp3) is 0.909. The first kappa shape index (κ1) is 14.8. The number of carbonyl (C=O) groups is 1. The minimum Gasteiger partial charge on any atom is -0.392 e. The van der Waals surface area contributed by atoms with Gasteiger partial charge in [0.15, 0.2) is 0 Å². The number of rotatable bonds is 4. The molecule has 0 radical (unpaired) electrons. The zero-order valence-electron chi connectivity index (χ0n) is 10.5. The molecule has 1 amide bonds. The molecule has 90 valence electrons. The summed E-state index contributed by atoms with van der Waals surface area (Å²) in [7, 11) is 0. The minimum absolute atomic E-state index is 0.0278. The molecule has 0 saturated heterocycles. The average Bonchev–Trinajstić information content (AvgIpc) is 2.00. The van der Waals surface area contributed by atoms with E-state index in [1.165, 1.54) is 11.8 Å². The molecule has 15 heavy (non-hydrogen) atoms. The van der Waals surface area contributed by atoms with Gasteiger partial charge < -0.3 is 10.4 Å². The maximum Gasteiger partial charge on any atom is 0.233 e. The first-order valence-corrected chi connectivity index (χ1v) is 6.23. The SMILES string of the molecule is CC(SC(C)C(C)O)C(=O)NC(C)(C)C. The molecule has 3 unspecified atom stereocenters. The second-order valence-corrected chi connectivity index (χ2v) is 6.69. The van der Waals surface area contributed by atoms with Gasteiger partial charge >= 0.3 is 0 Å². The number of aliphatic hydroxyl groups is 1. The molecule has 0 fully saturated rings. The van der Waals surface area contributed by atoms with E-state index in [9.17, 15) is 9.90 Å². The Kier molecular flexibility index (Phi) is 5.67. The van der Waals surface area contributed by atoms with Gasteiger partial charge in [-0.15, -0.1) is 11.8 Å². The highest BCUT2D eigenvalue weighted by Gasteiger charge is 2.22. The van der Waals surface area contributed by atoms with Crippen molar-refractivity contribution >= 4 is 17.7 Å². The summed E-state index contributed by atoms with van der Waals surface area (Å²) in [4.78, 5) is 11.7. The molecule has 0 aromatic carbocycles. The molecule has 3 nitrogen and oxygen atoms in total. The van der Waals surface area contributed by atoms with Crippen LogP contribution in [-0.2, 0) is 4.79 Å². The number of thioether (sulfide) groups is 1. The Morgan fingerprint density at radius 2 is 1.73 bits per heavy atom. The number of hydrogen-bond acceptors (Lipinski definition) is 3. The summed E-state index contributed by atoms with van der Waals surface area (Å²) >= 11 is 1.49. The van der Waals surface area contributed by atoms with E-state index in [4.69, 9.17) is 0 Å². The average molecular weight is 233 g/mol. The maximum absolute atomic E-state index is 11.7. The highest BCUT2D eigenvalue weighted by molar-refractivity contribution is 8.01. The van der Waals surface area contributed by atoms with E-state index in [1.54, 1.807) is 6.92 Å². The van der Waals surface area contributed by atoms with E-state index in [0.717, 1.165) is 0 Å². The van der Waals surface area contributed by atoms with Crippen molar-refractivity contribution in [3.05, 3.63) is 0 Å². The Morgan fingerprint density at radius 1 is 1.27 bits per heavy atom. The predicted octanol–water partition coefficient (Wildman–Crippen LogP) is 1.79. The van der Waals surface area contributed by atoms with E-state index in [-0.39, 0.29) is 28.0 Å². The second-order valence-electron chi connectivity index (χ2n) is 4.96. The van der Waals surface area contributed by atoms with Crippen LogP contribution >= 0.6 is 11.8 Å². The van der Waals surface area contributed by atoms with Gasteiger partial charge in [-0.25, -0.2) is 0 Å². The molecular formula is C11H23NO2S. The zero-order chi connectivity index (χ0) is 12.2. The fourth-order valence-electron chi connectivity index (χ4n) is 0.969. The van der Waals surface area contributed by atoms with Crippen molar-refractivity contribution in [2.45, 2.75) is 63.7 Å². The Balaban J connectivity index is 4.11. The van der Waals surface area contributed by atoms with Crippen molar-refractivity contribution in [3.63, 3.8) is 0 Å². The Labute approximate surface area is 97.0 Å². The molecule has 2 N–H and O–H groups in total. The van der Waals surface area contributed by atoms with E-state index in [0.29, 0.717) is 0 Å². The molecule has 3 atom stereocenters. The highest BCUT2D eigenvalue weighted by Crippen LogP contribution is 2.20. The van der Waals surface area contributed by atoms with Crippen LogP contribution in [0.2, 0.25) is 0 Å². The van der Waals surface area contributed by atoms with Gasteiger partial charge in [-0.05, 0) is 34.6 Å². The van der Waals surface area contributed by atoms with Crippen LogP contribution in [0.1, 0.15) is 41.5 Å². The lowest BCUT2D eigenvalue weighted by Crippen LogP contribution is -2.44. The van der Waals surface area contributed by atoms with Crippen molar-refractivity contribution in [3.8, 4) is 0 Å². The fourth-order valence-corrected chi connectivity index (χ4v) is 2.02. The summed E-state index contributed by atoms with van der Waals surface area (Å²) in [5.41, 5.74) is -0.194. The molecule has 0 aromatic rings. The summed E-state index contributed by atoms with van der Waals surface area (Å²) in [5, 5.41) is 12.2. The molecule has 0 aromatic heterocycles. The molecule has 4 heteroatoms. The van der Waals surface area contributed by atoms with Crippen LogP contribution in [0.5, 0.6) is 0 Å². The van der Waals surface area contributed by atoms with Crippen molar-refractivity contribution in [1.29, 1.82) is 0 Å². The van der Waals surface area contributed by atoms with Crippen LogP contribution in [0.25, 0.3) is 0 Å². The van der Waals surface area contributed by atoms with Gasteiger partial charge in [0.2, 0.25) is 5.91 Å². The predicted molar refractivity (Wildman–Crippen MR) is 66.1 cm³/mol. The van der Waals surface area contributed by atoms with Crippen molar-refractivity contribution in [2.75, 3.05) is 0 Å². The molecule has 0 heterocycles. The summed E-state index contributed by atoms with van der Waals surface area (Å²) in [6.45, 7) is 11.4. The van der Waals surface area contributed by atoms with Gasteiger partial charge in [0.25, 0.3) is 0 Å². The van der Waals surface area contributed by atoms with Crippen LogP contribution in [0, 0.1) is 0 Å². The molecular weight excluding hydrogens is 210 g/mol. The largest absolute Gasteiger partial charge is 0.392 e. The standard InChI is InChI=1S/C11H23NO2S/c1-7(13)8(2)15-9(3)10(14)12-11(4,5)6/h7-9,13H,1-6H3,(H,12,14). The van der Waals surface area contributed by atoms with Gasteiger partial charge in [0.05, 0.1) is 11.4 Å². The molecule has 0 saturated carbocycles. The lowest BCUT2D eigenvalue weighted by molar-refractivity contribution is -0.121. The number of hydrogen-bond donors (Lipinski definition) is 2. The number of amides is 1. The first-order chi connectivity index (χ1) is 6.63. The quantitative estimate of drug-likeness (QED) is 0.778. The lowest BCUT2D eigenvalue weighted by atomic mass is 10.1. The van der Waals surface area contributed by atoms with Crippen molar-refractivity contribution < 1.29 is 9.90 Å². The normalized spacial score (nSPS) is 18.1. The molecule has 0 spiro atoms. The number of aliphatic hydroxyl groups excluding tert-OH is 1. The highest BCUT2D eigenvalue weighted by atomic mass is 32.2. The summed E-state index contributed by atoms with van der Waals surface area (Å²) in [6.07, 6.45) is -0.389. The van der Waals surface area contributed by atoms with Gasteiger partial charge in [-0.3, -0.25) is 4.79 Å². The number of nitrogens with one attached hydrogen (secondary N) is 1. The topological polar surface area (TPSA) is 49.3 Å². The van der Waals surface area contributed by atoms with Crippen LogP contribution in [-0.4, -0.2) is 33.2 Å². The summed E-state index contributed by atoms with van der Waals surface area (Å²) < 4.78 is 0. The van der Waals surface area contributed by atoms with E-state index >= 15 is 0 Å². The zero-order valence-corrected chi connectivity index (χ0v) is 11.3. The Bertz CT molecular complexity index is 211. The minimum atomic E-state index is -0.389. The third-order valence-corrected chi connectivity index (χ3v) is 3.41. The Morgan fingerprint density at radius 3 is 2.07 bits per heavy atom. The third kappa shape index (κ3) is 6.79. The summed E-state index contributed by atoms with van der Waals surface area (Å²) in [6, 6.07) is 0. The molecule has 0 bridgehead atoms. The molecule has 0 rings (SSSR count). The Hall–Kier alpha value is -0.220. The van der Waals surface area contributed by atoms with Crippen LogP contribution < -0.4 is 5.32 Å². The van der Waals surface area contributed by atoms with E-state index in [2.05, 4.69) is 5.32 Å². The van der Waals surface area contributed by atoms with Gasteiger partial charge in [-0.1, -0.05) is 6.92 Å². The first-order valence-electron chi connectivity index (χ1n) is 5.29. The van der Waals surface area contributed by atoms with Crippen LogP contribution in [0.4, 0.5) is 0 Å². The molecule has 0 aliphatic heterocycles. The lowest BCUT2D eigenvalue weighted by Gasteiger charge is -2.25. The molecule has 0 aliphatic rings. The monoisotopic (exact) mass is 233 g/mol. The maximum atomic E-state index is 11.7. The van der Waals surface area contributed by atoms with Crippen LogP contribution in [0.15, 0.2) is 0 Å². The van der Waals surface area contributed by atoms with Crippen molar-refractivity contribution in [1.82, 2.24) is 5.32 Å². The van der Waals surface area contributed by atoms with E-state index < -0.39 is 0 Å². The van der Waals surface area contributed by atoms with Crippen LogP contribution in [0.3, 0.4) is 0 Å². The second kappa shape index (κ2) is 5.75. The summed E-state index contributed by atoms with van der Waals surface area (Å²) in [5.74, 6) is 0.0278. The smallest absolute Gasteiger partial charge is 0.233 e. The van der Waals surface area contributed by atoms with E-state index in [1.807, 2.05) is 34.6 Å². The van der Waals surface area contributed by atoms with Gasteiger partial charge in [0, 0.05) is 10.8 Å². The van der Waals surface area contributed by atoms with Gasteiger partial charge in [0.1, 0.15) is 0 Å². The molecule has 0 aliphatic carbocycles. The van der Waals surface area contributed by atoms with Gasteiger partial charge in [-0.2, -0.15) is 0 Å². The number of carbonyl (C=O) groups excluding carboxylic acids is 1. The third-order valence-electron chi connectivity index (χ3n) is 1.97. The van der Waals surface area contributed by atoms with Crippen molar-refractivity contribution in [2.24, 2.45) is 0 Å².